The van der Waals surface area contributed by atoms with Gasteiger partial charge in [0.1, 0.15) is 5.75 Å². The third-order valence-electron chi connectivity index (χ3n) is 6.32. The van der Waals surface area contributed by atoms with Crippen molar-refractivity contribution in [1.82, 2.24) is 5.32 Å². The number of hydrogen-bond acceptors (Lipinski definition) is 2. The largest absolute Gasteiger partial charge is 0.508 e. The molecule has 3 atom stereocenters. The van der Waals surface area contributed by atoms with Crippen LogP contribution in [-0.2, 0) is 6.54 Å². The van der Waals surface area contributed by atoms with Gasteiger partial charge in [-0.2, -0.15) is 0 Å². The van der Waals surface area contributed by atoms with E-state index in [1.54, 1.807) is 6.07 Å². The quantitative estimate of drug-likeness (QED) is 0.867. The lowest BCUT2D eigenvalue weighted by molar-refractivity contribution is 0.120. The molecule has 1 aromatic carbocycles. The van der Waals surface area contributed by atoms with Gasteiger partial charge in [-0.05, 0) is 42.1 Å². The first-order valence-corrected chi connectivity index (χ1v) is 7.45. The average Bonchev–Trinajstić information content (AvgIpc) is 2.70. The van der Waals surface area contributed by atoms with E-state index in [4.69, 9.17) is 0 Å². The molecule has 0 aliphatic heterocycles. The Bertz CT molecular complexity index is 482. The molecule has 3 rings (SSSR count). The molecule has 2 heteroatoms. The molecule has 2 nitrogen and oxygen atoms in total. The molecular weight excluding hydrogens is 234 g/mol. The normalized spacial score (nSPS) is 35.7. The Balaban J connectivity index is 1.71. The van der Waals surface area contributed by atoms with Crippen LogP contribution in [0.1, 0.15) is 45.6 Å². The summed E-state index contributed by atoms with van der Waals surface area (Å²) in [6, 6.07) is 8.22. The summed E-state index contributed by atoms with van der Waals surface area (Å²) in [5, 5.41) is 13.5. The maximum absolute atomic E-state index is 9.84. The third kappa shape index (κ3) is 1.80. The molecule has 0 radical (unpaired) electrons. The van der Waals surface area contributed by atoms with Gasteiger partial charge < -0.3 is 10.4 Å². The van der Waals surface area contributed by atoms with Gasteiger partial charge in [-0.1, -0.05) is 39.0 Å². The second-order valence-electron chi connectivity index (χ2n) is 7.17. The van der Waals surface area contributed by atoms with Crippen molar-refractivity contribution in [2.75, 3.05) is 0 Å². The van der Waals surface area contributed by atoms with Gasteiger partial charge in [-0.3, -0.25) is 0 Å². The van der Waals surface area contributed by atoms with E-state index in [1.807, 2.05) is 18.2 Å². The molecule has 0 aromatic heterocycles. The topological polar surface area (TPSA) is 32.3 Å². The Morgan fingerprint density at radius 1 is 1.26 bits per heavy atom. The number of phenolic OH excluding ortho intramolecular Hbond substituents is 1. The first-order valence-electron chi connectivity index (χ1n) is 7.45. The van der Waals surface area contributed by atoms with E-state index in [-0.39, 0.29) is 0 Å². The fourth-order valence-corrected chi connectivity index (χ4v) is 4.41. The monoisotopic (exact) mass is 259 g/mol. The zero-order valence-corrected chi connectivity index (χ0v) is 12.2. The van der Waals surface area contributed by atoms with Crippen LogP contribution in [0.15, 0.2) is 24.3 Å². The van der Waals surface area contributed by atoms with Crippen molar-refractivity contribution in [3.63, 3.8) is 0 Å². The molecule has 2 bridgehead atoms. The minimum atomic E-state index is 0.405. The van der Waals surface area contributed by atoms with E-state index in [2.05, 4.69) is 26.1 Å². The third-order valence-corrected chi connectivity index (χ3v) is 6.32. The highest BCUT2D eigenvalue weighted by Crippen LogP contribution is 2.65. The lowest BCUT2D eigenvalue weighted by atomic mass is 9.69. The van der Waals surface area contributed by atoms with Gasteiger partial charge in [0, 0.05) is 18.2 Å². The standard InChI is InChI=1S/C17H25NO/c1-16(2)13-8-9-17(16,3)15(10-13)18-11-12-6-4-5-7-14(12)19/h4-7,13,15,18-19H,8-11H2,1-3H3/t13-,15+,17-/m1/s1. The zero-order chi connectivity index (χ0) is 13.7. The summed E-state index contributed by atoms with van der Waals surface area (Å²) in [7, 11) is 0. The molecule has 2 fully saturated rings. The van der Waals surface area contributed by atoms with Crippen molar-refractivity contribution in [2.45, 2.75) is 52.6 Å². The number of benzene rings is 1. The molecule has 0 spiro atoms. The number of phenols is 1. The van der Waals surface area contributed by atoms with Crippen LogP contribution >= 0.6 is 0 Å². The molecular formula is C17H25NO. The van der Waals surface area contributed by atoms with Gasteiger partial charge in [0.25, 0.3) is 0 Å². The highest BCUT2D eigenvalue weighted by molar-refractivity contribution is 5.31. The van der Waals surface area contributed by atoms with Crippen LogP contribution in [-0.4, -0.2) is 11.1 Å². The molecule has 2 saturated carbocycles. The molecule has 0 amide bonds. The minimum Gasteiger partial charge on any atom is -0.508 e. The second kappa shape index (κ2) is 4.24. The predicted octanol–water partition coefficient (Wildman–Crippen LogP) is 3.70. The van der Waals surface area contributed by atoms with Crippen molar-refractivity contribution in [2.24, 2.45) is 16.7 Å². The van der Waals surface area contributed by atoms with Crippen LogP contribution < -0.4 is 5.32 Å². The molecule has 2 aliphatic rings. The van der Waals surface area contributed by atoms with Gasteiger partial charge in [0.2, 0.25) is 0 Å². The van der Waals surface area contributed by atoms with Crippen LogP contribution in [0, 0.1) is 16.7 Å². The number of aromatic hydroxyl groups is 1. The van der Waals surface area contributed by atoms with E-state index in [1.165, 1.54) is 19.3 Å². The van der Waals surface area contributed by atoms with Gasteiger partial charge in [-0.25, -0.2) is 0 Å². The summed E-state index contributed by atoms with van der Waals surface area (Å²) >= 11 is 0. The molecule has 19 heavy (non-hydrogen) atoms. The lowest BCUT2D eigenvalue weighted by Gasteiger charge is -2.39. The van der Waals surface area contributed by atoms with E-state index < -0.39 is 0 Å². The van der Waals surface area contributed by atoms with Crippen molar-refractivity contribution in [3.8, 4) is 5.75 Å². The van der Waals surface area contributed by atoms with Gasteiger partial charge in [-0.15, -0.1) is 0 Å². The SMILES string of the molecule is CC1(C)[C@@H]2CC[C@]1(C)[C@@H](NCc1ccccc1O)C2. The van der Waals surface area contributed by atoms with E-state index in [0.29, 0.717) is 22.6 Å². The number of rotatable bonds is 3. The summed E-state index contributed by atoms with van der Waals surface area (Å²) in [6.07, 6.45) is 4.01. The highest BCUT2D eigenvalue weighted by Gasteiger charge is 2.60. The molecule has 0 heterocycles. The van der Waals surface area contributed by atoms with Crippen molar-refractivity contribution < 1.29 is 5.11 Å². The van der Waals surface area contributed by atoms with Gasteiger partial charge in [0.05, 0.1) is 0 Å². The van der Waals surface area contributed by atoms with Crippen LogP contribution in [0.25, 0.3) is 0 Å². The first kappa shape index (κ1) is 13.0. The summed E-state index contributed by atoms with van der Waals surface area (Å²) in [5.74, 6) is 1.27. The fraction of sp³-hybridized carbons (Fsp3) is 0.647. The second-order valence-corrected chi connectivity index (χ2v) is 7.17. The summed E-state index contributed by atoms with van der Waals surface area (Å²) in [4.78, 5) is 0. The van der Waals surface area contributed by atoms with E-state index in [0.717, 1.165) is 18.0 Å². The van der Waals surface area contributed by atoms with Crippen molar-refractivity contribution >= 4 is 0 Å². The van der Waals surface area contributed by atoms with E-state index >= 15 is 0 Å². The Hall–Kier alpha value is -1.02. The van der Waals surface area contributed by atoms with E-state index in [9.17, 15) is 5.11 Å². The minimum absolute atomic E-state index is 0.405. The zero-order valence-electron chi connectivity index (χ0n) is 12.2. The van der Waals surface area contributed by atoms with Crippen molar-refractivity contribution in [3.05, 3.63) is 29.8 Å². The number of nitrogens with one attached hydrogen (secondary N) is 1. The summed E-state index contributed by atoms with van der Waals surface area (Å²) in [6.45, 7) is 8.09. The van der Waals surface area contributed by atoms with Crippen LogP contribution in [0.2, 0.25) is 0 Å². The lowest BCUT2D eigenvalue weighted by Crippen LogP contribution is -2.44. The van der Waals surface area contributed by atoms with Crippen LogP contribution in [0.3, 0.4) is 0 Å². The molecule has 0 saturated heterocycles. The molecule has 104 valence electrons. The number of hydrogen-bond donors (Lipinski definition) is 2. The Kier molecular flexibility index (Phi) is 2.90. The molecule has 2 N–H and O–H groups in total. The molecule has 2 aliphatic carbocycles. The Labute approximate surface area is 116 Å². The molecule has 1 aromatic rings. The molecule has 0 unspecified atom stereocenters. The smallest absolute Gasteiger partial charge is 0.120 e. The number of fused-ring (bicyclic) bond motifs is 2. The fourth-order valence-electron chi connectivity index (χ4n) is 4.41. The average molecular weight is 259 g/mol. The van der Waals surface area contributed by atoms with Crippen molar-refractivity contribution in [1.29, 1.82) is 0 Å². The predicted molar refractivity (Wildman–Crippen MR) is 78.0 cm³/mol. The van der Waals surface area contributed by atoms with Crippen LogP contribution in [0.4, 0.5) is 0 Å². The first-order chi connectivity index (χ1) is 8.95. The highest BCUT2D eigenvalue weighted by atomic mass is 16.3. The maximum atomic E-state index is 9.84. The number of para-hydroxylation sites is 1. The van der Waals surface area contributed by atoms with Gasteiger partial charge in [0.15, 0.2) is 0 Å². The summed E-state index contributed by atoms with van der Waals surface area (Å²) < 4.78 is 0. The summed E-state index contributed by atoms with van der Waals surface area (Å²) in [5.41, 5.74) is 1.86. The van der Waals surface area contributed by atoms with Crippen LogP contribution in [0.5, 0.6) is 5.75 Å². The Morgan fingerprint density at radius 2 is 2.00 bits per heavy atom. The Morgan fingerprint density at radius 3 is 2.58 bits per heavy atom. The maximum Gasteiger partial charge on any atom is 0.120 e. The van der Waals surface area contributed by atoms with Gasteiger partial charge >= 0.3 is 0 Å².